The minimum Gasteiger partial charge on any atom is -0.301 e. The predicted molar refractivity (Wildman–Crippen MR) is 62.5 cm³/mol. The molecule has 0 bridgehead atoms. The number of H-pyrrole nitrogens is 2. The molecule has 1 aromatic heterocycles. The van der Waals surface area contributed by atoms with Crippen molar-refractivity contribution in [1.82, 2.24) is 10.2 Å². The van der Waals surface area contributed by atoms with Crippen molar-refractivity contribution in [2.75, 3.05) is 0 Å². The lowest BCUT2D eigenvalue weighted by atomic mass is 10.1. The summed E-state index contributed by atoms with van der Waals surface area (Å²) in [5.41, 5.74) is 4.35. The third-order valence-electron chi connectivity index (χ3n) is 2.86. The van der Waals surface area contributed by atoms with Gasteiger partial charge in [0.25, 0.3) is 5.56 Å². The number of para-hydroxylation sites is 1. The highest BCUT2D eigenvalue weighted by molar-refractivity contribution is 6.01. The van der Waals surface area contributed by atoms with E-state index in [0.717, 1.165) is 22.7 Å². The lowest BCUT2D eigenvalue weighted by Gasteiger charge is -2.00. The first kappa shape index (κ1) is 9.15. The first-order valence-corrected chi connectivity index (χ1v) is 5.19. The van der Waals surface area contributed by atoms with Gasteiger partial charge in [-0.2, -0.15) is 0 Å². The van der Waals surface area contributed by atoms with E-state index in [2.05, 4.69) is 15.2 Å². The molecule has 2 heterocycles. The van der Waals surface area contributed by atoms with Crippen LogP contribution >= 0.6 is 0 Å². The molecule has 0 spiro atoms. The van der Waals surface area contributed by atoms with Gasteiger partial charge in [-0.3, -0.25) is 14.9 Å². The van der Waals surface area contributed by atoms with E-state index < -0.39 is 0 Å². The lowest BCUT2D eigenvalue weighted by molar-refractivity contribution is 0.983. The third-order valence-corrected chi connectivity index (χ3v) is 2.86. The predicted octanol–water partition coefficient (Wildman–Crippen LogP) is 1.75. The molecule has 0 atom stereocenters. The van der Waals surface area contributed by atoms with Gasteiger partial charge in [0.15, 0.2) is 0 Å². The van der Waals surface area contributed by atoms with Crippen molar-refractivity contribution in [3.63, 3.8) is 0 Å². The summed E-state index contributed by atoms with van der Waals surface area (Å²) in [5, 5.41) is 5.53. The van der Waals surface area contributed by atoms with Crippen LogP contribution in [0.5, 0.6) is 0 Å². The van der Waals surface area contributed by atoms with Crippen molar-refractivity contribution >= 4 is 11.4 Å². The van der Waals surface area contributed by atoms with Crippen LogP contribution in [0.4, 0.5) is 5.69 Å². The van der Waals surface area contributed by atoms with Crippen molar-refractivity contribution in [2.24, 2.45) is 4.99 Å². The molecule has 2 aromatic rings. The van der Waals surface area contributed by atoms with Crippen molar-refractivity contribution in [3.8, 4) is 0 Å². The molecule has 0 saturated carbocycles. The number of fused-ring (bicyclic) bond motifs is 2. The zero-order valence-electron chi connectivity index (χ0n) is 8.87. The Kier molecular flexibility index (Phi) is 1.83. The van der Waals surface area contributed by atoms with E-state index in [4.69, 9.17) is 0 Å². The van der Waals surface area contributed by atoms with Crippen LogP contribution in [-0.2, 0) is 6.42 Å². The Morgan fingerprint density at radius 3 is 2.94 bits per heavy atom. The normalized spacial score (nSPS) is 13.7. The van der Waals surface area contributed by atoms with E-state index in [1.165, 1.54) is 0 Å². The van der Waals surface area contributed by atoms with E-state index in [1.807, 2.05) is 31.2 Å². The van der Waals surface area contributed by atoms with Crippen LogP contribution in [0.15, 0.2) is 34.1 Å². The SMILES string of the molecule is CC1=Nc2ccccc2Cc2[nH][nH]c(=O)c21. The molecule has 2 N–H and O–H groups in total. The minimum atomic E-state index is -0.0935. The minimum absolute atomic E-state index is 0.0935. The number of hydrogen-bond acceptors (Lipinski definition) is 2. The Morgan fingerprint density at radius 1 is 1.25 bits per heavy atom. The number of aromatic amines is 2. The smallest absolute Gasteiger partial charge is 0.273 e. The highest BCUT2D eigenvalue weighted by Crippen LogP contribution is 2.25. The van der Waals surface area contributed by atoms with Crippen LogP contribution in [0.3, 0.4) is 0 Å². The fourth-order valence-corrected chi connectivity index (χ4v) is 2.11. The van der Waals surface area contributed by atoms with Crippen molar-refractivity contribution in [1.29, 1.82) is 0 Å². The first-order chi connectivity index (χ1) is 7.75. The van der Waals surface area contributed by atoms with Crippen molar-refractivity contribution in [3.05, 3.63) is 51.4 Å². The van der Waals surface area contributed by atoms with Crippen LogP contribution in [0.2, 0.25) is 0 Å². The molecule has 80 valence electrons. The monoisotopic (exact) mass is 213 g/mol. The Bertz CT molecular complexity index is 634. The molecule has 4 nitrogen and oxygen atoms in total. The van der Waals surface area contributed by atoms with E-state index >= 15 is 0 Å². The molecule has 3 rings (SSSR count). The van der Waals surface area contributed by atoms with Gasteiger partial charge in [0.05, 0.1) is 22.7 Å². The number of rotatable bonds is 0. The number of aromatic nitrogens is 2. The molecule has 0 radical (unpaired) electrons. The quantitative estimate of drug-likeness (QED) is 0.688. The summed E-state index contributed by atoms with van der Waals surface area (Å²) in [6.45, 7) is 1.87. The Balaban J connectivity index is 2.30. The molecule has 0 amide bonds. The molecule has 1 aliphatic rings. The van der Waals surface area contributed by atoms with Crippen LogP contribution in [0.1, 0.15) is 23.7 Å². The fourth-order valence-electron chi connectivity index (χ4n) is 2.11. The summed E-state index contributed by atoms with van der Waals surface area (Å²) in [7, 11) is 0. The summed E-state index contributed by atoms with van der Waals surface area (Å²) < 4.78 is 0. The van der Waals surface area contributed by atoms with Crippen LogP contribution in [0.25, 0.3) is 0 Å². The Hall–Kier alpha value is -2.10. The largest absolute Gasteiger partial charge is 0.301 e. The molecular formula is C12H11N3O. The molecule has 16 heavy (non-hydrogen) atoms. The van der Waals surface area contributed by atoms with Gasteiger partial charge in [-0.25, -0.2) is 0 Å². The van der Waals surface area contributed by atoms with Gasteiger partial charge in [0.2, 0.25) is 0 Å². The fraction of sp³-hybridized carbons (Fsp3) is 0.167. The van der Waals surface area contributed by atoms with Gasteiger partial charge in [-0.15, -0.1) is 0 Å². The molecule has 4 heteroatoms. The Labute approximate surface area is 92.0 Å². The molecule has 0 saturated heterocycles. The summed E-state index contributed by atoms with van der Waals surface area (Å²) >= 11 is 0. The van der Waals surface area contributed by atoms with E-state index in [1.54, 1.807) is 0 Å². The standard InChI is InChI=1S/C12H11N3O/c1-7-11-10(14-15-12(11)16)6-8-4-2-3-5-9(8)13-7/h2-5H,6H2,1H3,(H2,14,15,16). The van der Waals surface area contributed by atoms with Crippen molar-refractivity contribution in [2.45, 2.75) is 13.3 Å². The maximum atomic E-state index is 11.6. The van der Waals surface area contributed by atoms with Gasteiger partial charge in [-0.1, -0.05) is 18.2 Å². The second-order valence-electron chi connectivity index (χ2n) is 3.94. The Morgan fingerprint density at radius 2 is 2.06 bits per heavy atom. The molecular weight excluding hydrogens is 202 g/mol. The average Bonchev–Trinajstić information content (AvgIpc) is 2.56. The zero-order valence-corrected chi connectivity index (χ0v) is 8.87. The number of aliphatic imine (C=N–C) groups is 1. The van der Waals surface area contributed by atoms with Gasteiger partial charge in [-0.05, 0) is 18.6 Å². The summed E-state index contributed by atoms with van der Waals surface area (Å²) in [6.07, 6.45) is 0.713. The van der Waals surface area contributed by atoms with Gasteiger partial charge in [0, 0.05) is 6.42 Å². The maximum absolute atomic E-state index is 11.6. The van der Waals surface area contributed by atoms with Crippen LogP contribution < -0.4 is 5.56 Å². The highest BCUT2D eigenvalue weighted by Gasteiger charge is 2.18. The zero-order chi connectivity index (χ0) is 11.1. The molecule has 0 aliphatic carbocycles. The van der Waals surface area contributed by atoms with Gasteiger partial charge in [0.1, 0.15) is 0 Å². The van der Waals surface area contributed by atoms with Crippen molar-refractivity contribution < 1.29 is 0 Å². The van der Waals surface area contributed by atoms with Gasteiger partial charge < -0.3 is 5.10 Å². The average molecular weight is 213 g/mol. The van der Waals surface area contributed by atoms with Crippen LogP contribution in [0, 0.1) is 0 Å². The van der Waals surface area contributed by atoms with E-state index in [-0.39, 0.29) is 5.56 Å². The summed E-state index contributed by atoms with van der Waals surface area (Å²) in [6, 6.07) is 7.95. The molecule has 1 aliphatic heterocycles. The number of hydrogen-bond donors (Lipinski definition) is 2. The second-order valence-corrected chi connectivity index (χ2v) is 3.94. The number of benzene rings is 1. The molecule has 0 unspecified atom stereocenters. The summed E-state index contributed by atoms with van der Waals surface area (Å²) in [5.74, 6) is 0. The first-order valence-electron chi connectivity index (χ1n) is 5.19. The van der Waals surface area contributed by atoms with E-state index in [0.29, 0.717) is 12.0 Å². The number of nitrogens with one attached hydrogen (secondary N) is 2. The number of nitrogens with zero attached hydrogens (tertiary/aromatic N) is 1. The highest BCUT2D eigenvalue weighted by atomic mass is 16.1. The van der Waals surface area contributed by atoms with E-state index in [9.17, 15) is 4.79 Å². The maximum Gasteiger partial charge on any atom is 0.273 e. The second kappa shape index (κ2) is 3.20. The van der Waals surface area contributed by atoms with Crippen LogP contribution in [-0.4, -0.2) is 15.9 Å². The summed E-state index contributed by atoms with van der Waals surface area (Å²) in [4.78, 5) is 16.1. The molecule has 1 aromatic carbocycles. The molecule has 0 fully saturated rings. The lowest BCUT2D eigenvalue weighted by Crippen LogP contribution is -2.11. The van der Waals surface area contributed by atoms with Gasteiger partial charge >= 0.3 is 0 Å². The topological polar surface area (TPSA) is 61.0 Å². The third kappa shape index (κ3) is 1.23.